The van der Waals surface area contributed by atoms with E-state index in [0.29, 0.717) is 10.8 Å². The summed E-state index contributed by atoms with van der Waals surface area (Å²) in [7, 11) is 0. The zero-order valence-corrected chi connectivity index (χ0v) is 11.6. The zero-order chi connectivity index (χ0) is 14.0. The molecule has 1 heterocycles. The van der Waals surface area contributed by atoms with Gasteiger partial charge in [-0.2, -0.15) is 0 Å². The molecule has 2 rings (SSSR count). The van der Waals surface area contributed by atoms with Crippen LogP contribution in [0.2, 0.25) is 0 Å². The molecular formula is C12H11BrO6. The Morgan fingerprint density at radius 3 is 2.89 bits per heavy atom. The van der Waals surface area contributed by atoms with Crippen molar-refractivity contribution in [2.45, 2.75) is 13.0 Å². The second kappa shape index (κ2) is 5.58. The largest absolute Gasteiger partial charge is 0.464 e. The second-order valence-electron chi connectivity index (χ2n) is 3.70. The molecule has 0 radical (unpaired) electrons. The second-order valence-corrected chi connectivity index (χ2v) is 4.55. The molecule has 0 spiro atoms. The van der Waals surface area contributed by atoms with E-state index < -0.39 is 12.1 Å². The molecule has 1 aliphatic rings. The maximum atomic E-state index is 11.6. The number of halogens is 1. The van der Waals surface area contributed by atoms with E-state index in [2.05, 4.69) is 15.9 Å². The smallest absolute Gasteiger partial charge is 0.339 e. The van der Waals surface area contributed by atoms with Crippen molar-refractivity contribution in [1.29, 1.82) is 0 Å². The van der Waals surface area contributed by atoms with Crippen molar-refractivity contribution < 1.29 is 28.9 Å². The predicted molar refractivity (Wildman–Crippen MR) is 67.2 cm³/mol. The molecule has 6 nitrogen and oxygen atoms in total. The molecule has 0 aromatic heterocycles. The predicted octanol–water partition coefficient (Wildman–Crippen LogP) is 1.59. The van der Waals surface area contributed by atoms with E-state index in [0.717, 1.165) is 0 Å². The molecule has 0 aliphatic carbocycles. The highest BCUT2D eigenvalue weighted by Crippen LogP contribution is 2.45. The van der Waals surface area contributed by atoms with Gasteiger partial charge in [0.25, 0.3) is 0 Å². The molecule has 7 heteroatoms. The summed E-state index contributed by atoms with van der Waals surface area (Å²) >= 11 is 3.20. The van der Waals surface area contributed by atoms with Gasteiger partial charge in [-0.15, -0.1) is 0 Å². The molecule has 1 aliphatic heterocycles. The van der Waals surface area contributed by atoms with Gasteiger partial charge in [-0.3, -0.25) is 4.79 Å². The van der Waals surface area contributed by atoms with Crippen molar-refractivity contribution >= 4 is 28.2 Å². The number of benzene rings is 1. The summed E-state index contributed by atoms with van der Waals surface area (Å²) in [6.07, 6.45) is -0.899. The molecule has 0 saturated carbocycles. The van der Waals surface area contributed by atoms with E-state index >= 15 is 0 Å². The number of esters is 1. The van der Waals surface area contributed by atoms with Crippen LogP contribution in [-0.4, -0.2) is 30.8 Å². The first-order valence-electron chi connectivity index (χ1n) is 5.52. The SMILES string of the molecule is CCOC(=O)C(O)c1c(Br)cc(C=O)c2c1OCO2. The third-order valence-corrected chi connectivity index (χ3v) is 3.23. The van der Waals surface area contributed by atoms with E-state index in [1.165, 1.54) is 6.07 Å². The Labute approximate surface area is 117 Å². The van der Waals surface area contributed by atoms with E-state index in [1.54, 1.807) is 6.92 Å². The number of fused-ring (bicyclic) bond motifs is 1. The standard InChI is InChI=1S/C12H11BrO6/c1-2-17-12(16)9(15)8-7(13)3-6(4-14)10-11(8)19-5-18-10/h3-4,9,15H,2,5H2,1H3. The minimum absolute atomic E-state index is 0.0742. The Bertz CT molecular complexity index is 527. The normalized spacial score (nSPS) is 14.1. The first kappa shape index (κ1) is 13.8. The van der Waals surface area contributed by atoms with Gasteiger partial charge in [-0.05, 0) is 13.0 Å². The highest BCUT2D eigenvalue weighted by atomic mass is 79.9. The van der Waals surface area contributed by atoms with Crippen molar-refractivity contribution in [2.24, 2.45) is 0 Å². The van der Waals surface area contributed by atoms with Gasteiger partial charge in [0.15, 0.2) is 23.9 Å². The van der Waals surface area contributed by atoms with Crippen LogP contribution in [0.15, 0.2) is 10.5 Å². The first-order valence-corrected chi connectivity index (χ1v) is 6.31. The molecule has 19 heavy (non-hydrogen) atoms. The van der Waals surface area contributed by atoms with Gasteiger partial charge in [0, 0.05) is 4.47 Å². The topological polar surface area (TPSA) is 82.1 Å². The summed E-state index contributed by atoms with van der Waals surface area (Å²) < 4.78 is 15.5. The average Bonchev–Trinajstić information content (AvgIpc) is 2.86. The number of aldehydes is 1. The van der Waals surface area contributed by atoms with E-state index in [4.69, 9.17) is 14.2 Å². The highest BCUT2D eigenvalue weighted by Gasteiger charge is 2.32. The van der Waals surface area contributed by atoms with Gasteiger partial charge < -0.3 is 19.3 Å². The summed E-state index contributed by atoms with van der Waals surface area (Å²) in [6, 6.07) is 1.46. The number of aliphatic hydroxyl groups excluding tert-OH is 1. The van der Waals surface area contributed by atoms with Gasteiger partial charge in [0.1, 0.15) is 0 Å². The third kappa shape index (κ3) is 2.43. The molecule has 1 N–H and O–H groups in total. The Morgan fingerprint density at radius 1 is 1.58 bits per heavy atom. The Balaban J connectivity index is 2.49. The summed E-state index contributed by atoms with van der Waals surface area (Å²) in [5.74, 6) is -0.395. The Morgan fingerprint density at radius 2 is 2.26 bits per heavy atom. The van der Waals surface area contributed by atoms with Crippen LogP contribution < -0.4 is 9.47 Å². The van der Waals surface area contributed by atoms with Crippen molar-refractivity contribution in [3.63, 3.8) is 0 Å². The number of carbonyl (C=O) groups is 2. The van der Waals surface area contributed by atoms with Crippen molar-refractivity contribution in [2.75, 3.05) is 13.4 Å². The van der Waals surface area contributed by atoms with Gasteiger partial charge in [-0.25, -0.2) is 4.79 Å². The lowest BCUT2D eigenvalue weighted by Crippen LogP contribution is -2.16. The summed E-state index contributed by atoms with van der Waals surface area (Å²) in [6.45, 7) is 1.72. The van der Waals surface area contributed by atoms with Crippen LogP contribution in [0.1, 0.15) is 28.9 Å². The number of rotatable bonds is 4. The van der Waals surface area contributed by atoms with Crippen molar-refractivity contribution in [3.05, 3.63) is 21.7 Å². The maximum Gasteiger partial charge on any atom is 0.339 e. The van der Waals surface area contributed by atoms with Crippen LogP contribution >= 0.6 is 15.9 Å². The molecule has 102 valence electrons. The first-order chi connectivity index (χ1) is 9.10. The molecule has 1 unspecified atom stereocenters. The van der Waals surface area contributed by atoms with Crippen molar-refractivity contribution in [3.8, 4) is 11.5 Å². The fourth-order valence-corrected chi connectivity index (χ4v) is 2.41. The fraction of sp³-hybridized carbons (Fsp3) is 0.333. The van der Waals surface area contributed by atoms with Gasteiger partial charge in [0.05, 0.1) is 17.7 Å². The van der Waals surface area contributed by atoms with Crippen LogP contribution in [-0.2, 0) is 9.53 Å². The zero-order valence-electron chi connectivity index (χ0n) is 10.0. The monoisotopic (exact) mass is 330 g/mol. The van der Waals surface area contributed by atoms with Crippen LogP contribution in [0.5, 0.6) is 11.5 Å². The minimum Gasteiger partial charge on any atom is -0.464 e. The van der Waals surface area contributed by atoms with E-state index in [9.17, 15) is 14.7 Å². The van der Waals surface area contributed by atoms with Gasteiger partial charge in [-0.1, -0.05) is 15.9 Å². The van der Waals surface area contributed by atoms with E-state index in [-0.39, 0.29) is 36.0 Å². The maximum absolute atomic E-state index is 11.6. The summed E-state index contributed by atoms with van der Waals surface area (Å²) in [5, 5.41) is 10.0. The molecule has 1 aromatic rings. The summed E-state index contributed by atoms with van der Waals surface area (Å²) in [4.78, 5) is 22.5. The number of hydrogen-bond donors (Lipinski definition) is 1. The van der Waals surface area contributed by atoms with Crippen LogP contribution in [0.25, 0.3) is 0 Å². The molecule has 0 amide bonds. The van der Waals surface area contributed by atoms with E-state index in [1.807, 2.05) is 0 Å². The molecule has 0 saturated heterocycles. The lowest BCUT2D eigenvalue weighted by Gasteiger charge is -2.14. The number of hydrogen-bond acceptors (Lipinski definition) is 6. The Hall–Kier alpha value is -1.60. The molecule has 0 fully saturated rings. The minimum atomic E-state index is -1.51. The van der Waals surface area contributed by atoms with Crippen LogP contribution in [0.3, 0.4) is 0 Å². The number of ether oxygens (including phenoxy) is 3. The molecular weight excluding hydrogens is 320 g/mol. The summed E-state index contributed by atoms with van der Waals surface area (Å²) in [5.41, 5.74) is 0.468. The molecule has 1 atom stereocenters. The van der Waals surface area contributed by atoms with Gasteiger partial charge >= 0.3 is 5.97 Å². The lowest BCUT2D eigenvalue weighted by atomic mass is 10.0. The van der Waals surface area contributed by atoms with Crippen molar-refractivity contribution in [1.82, 2.24) is 0 Å². The Kier molecular flexibility index (Phi) is 4.06. The van der Waals surface area contributed by atoms with Crippen LogP contribution in [0.4, 0.5) is 0 Å². The van der Waals surface area contributed by atoms with Gasteiger partial charge in [0.2, 0.25) is 6.79 Å². The fourth-order valence-electron chi connectivity index (χ4n) is 1.76. The molecule has 1 aromatic carbocycles. The lowest BCUT2D eigenvalue weighted by molar-refractivity contribution is -0.153. The molecule has 0 bridgehead atoms. The van der Waals surface area contributed by atoms with Crippen LogP contribution in [0, 0.1) is 0 Å². The number of aliphatic hydroxyl groups is 1. The third-order valence-electron chi connectivity index (χ3n) is 2.57. The number of carbonyl (C=O) groups excluding carboxylic acids is 2. The quantitative estimate of drug-likeness (QED) is 0.666. The highest BCUT2D eigenvalue weighted by molar-refractivity contribution is 9.10. The average molecular weight is 331 g/mol.